The molecule has 0 fully saturated rings. The fraction of sp³-hybridized carbons (Fsp3) is 0.294. The van der Waals surface area contributed by atoms with Gasteiger partial charge in [0.05, 0.1) is 0 Å². The average Bonchev–Trinajstić information content (AvgIpc) is 2.40. The van der Waals surface area contributed by atoms with Crippen LogP contribution in [0.3, 0.4) is 0 Å². The van der Waals surface area contributed by atoms with Crippen molar-refractivity contribution in [2.75, 3.05) is 6.54 Å². The summed E-state index contributed by atoms with van der Waals surface area (Å²) in [6, 6.07) is 9.62. The summed E-state index contributed by atoms with van der Waals surface area (Å²) in [4.78, 5) is 0. The van der Waals surface area contributed by atoms with Gasteiger partial charge in [-0.15, -0.1) is 0 Å². The zero-order valence-electron chi connectivity index (χ0n) is 11.8. The van der Waals surface area contributed by atoms with Gasteiger partial charge in [-0.25, -0.2) is 8.78 Å². The Labute approximate surface area is 118 Å². The van der Waals surface area contributed by atoms with Gasteiger partial charge < -0.3 is 5.32 Å². The topological polar surface area (TPSA) is 12.0 Å². The van der Waals surface area contributed by atoms with E-state index in [-0.39, 0.29) is 11.6 Å². The minimum atomic E-state index is -0.299. The molecule has 2 rings (SSSR count). The third-order valence-electron chi connectivity index (χ3n) is 3.27. The van der Waals surface area contributed by atoms with E-state index >= 15 is 0 Å². The smallest absolute Gasteiger partial charge is 0.131 e. The monoisotopic (exact) mass is 275 g/mol. The Hall–Kier alpha value is -1.74. The summed E-state index contributed by atoms with van der Waals surface area (Å²) in [6.07, 6.45) is 1.05. The van der Waals surface area contributed by atoms with E-state index in [1.807, 2.05) is 6.07 Å². The van der Waals surface area contributed by atoms with E-state index in [1.165, 1.54) is 12.1 Å². The summed E-state index contributed by atoms with van der Waals surface area (Å²) in [6.45, 7) is 5.45. The molecule has 106 valence electrons. The molecular formula is C17H19F2N. The predicted octanol–water partition coefficient (Wildman–Crippen LogP) is 4.44. The lowest BCUT2D eigenvalue weighted by atomic mass is 9.99. The van der Waals surface area contributed by atoms with Crippen molar-refractivity contribution < 1.29 is 8.78 Å². The van der Waals surface area contributed by atoms with Crippen LogP contribution in [-0.4, -0.2) is 6.54 Å². The first-order valence-electron chi connectivity index (χ1n) is 6.87. The molecule has 0 spiro atoms. The largest absolute Gasteiger partial charge is 0.313 e. The minimum Gasteiger partial charge on any atom is -0.313 e. The number of rotatable bonds is 5. The highest BCUT2D eigenvalue weighted by molar-refractivity contribution is 5.68. The Kier molecular flexibility index (Phi) is 4.85. The fourth-order valence-corrected chi connectivity index (χ4v) is 2.23. The van der Waals surface area contributed by atoms with Gasteiger partial charge in [-0.3, -0.25) is 0 Å². The summed E-state index contributed by atoms with van der Waals surface area (Å²) >= 11 is 0. The highest BCUT2D eigenvalue weighted by Crippen LogP contribution is 2.27. The first-order valence-corrected chi connectivity index (χ1v) is 6.87. The number of nitrogens with one attached hydrogen (secondary N) is 1. The molecule has 2 aromatic carbocycles. The molecule has 1 N–H and O–H groups in total. The first-order chi connectivity index (χ1) is 9.61. The highest BCUT2D eigenvalue weighted by Gasteiger charge is 2.09. The van der Waals surface area contributed by atoms with Crippen molar-refractivity contribution in [2.24, 2.45) is 0 Å². The van der Waals surface area contributed by atoms with Gasteiger partial charge in [-0.05, 0) is 54.8 Å². The SMILES string of the molecule is CCCNCc1ccc(-c2ccc(F)cc2C)c(F)c1. The normalized spacial score (nSPS) is 10.8. The lowest BCUT2D eigenvalue weighted by Gasteiger charge is -2.10. The quantitative estimate of drug-likeness (QED) is 0.795. The van der Waals surface area contributed by atoms with Gasteiger partial charge in [0.25, 0.3) is 0 Å². The average molecular weight is 275 g/mol. The number of hydrogen-bond donors (Lipinski definition) is 1. The molecule has 20 heavy (non-hydrogen) atoms. The van der Waals surface area contributed by atoms with Crippen molar-refractivity contribution in [1.82, 2.24) is 5.32 Å². The second kappa shape index (κ2) is 6.62. The van der Waals surface area contributed by atoms with Crippen molar-refractivity contribution in [3.8, 4) is 11.1 Å². The van der Waals surface area contributed by atoms with E-state index in [0.29, 0.717) is 12.1 Å². The van der Waals surface area contributed by atoms with E-state index < -0.39 is 0 Å². The minimum absolute atomic E-state index is 0.268. The maximum absolute atomic E-state index is 14.2. The molecule has 0 bridgehead atoms. The van der Waals surface area contributed by atoms with Gasteiger partial charge in [0, 0.05) is 12.1 Å². The lowest BCUT2D eigenvalue weighted by Crippen LogP contribution is -2.13. The maximum atomic E-state index is 14.2. The third-order valence-corrected chi connectivity index (χ3v) is 3.27. The highest BCUT2D eigenvalue weighted by atomic mass is 19.1. The summed E-state index contributed by atoms with van der Waals surface area (Å²) in [5.41, 5.74) is 2.90. The Morgan fingerprint density at radius 3 is 2.40 bits per heavy atom. The Balaban J connectivity index is 2.25. The van der Waals surface area contributed by atoms with Crippen LogP contribution in [-0.2, 0) is 6.54 Å². The predicted molar refractivity (Wildman–Crippen MR) is 78.5 cm³/mol. The molecule has 0 saturated heterocycles. The summed E-state index contributed by atoms with van der Waals surface area (Å²) in [5, 5.41) is 3.24. The molecule has 0 heterocycles. The Bertz CT molecular complexity index is 594. The van der Waals surface area contributed by atoms with Crippen LogP contribution >= 0.6 is 0 Å². The molecule has 0 aliphatic carbocycles. The molecule has 0 unspecified atom stereocenters. The molecule has 3 heteroatoms. The molecule has 0 aliphatic rings. The third kappa shape index (κ3) is 3.42. The van der Waals surface area contributed by atoms with Crippen LogP contribution in [0, 0.1) is 18.6 Å². The number of halogens is 2. The van der Waals surface area contributed by atoms with Gasteiger partial charge >= 0.3 is 0 Å². The molecule has 0 aliphatic heterocycles. The fourth-order valence-electron chi connectivity index (χ4n) is 2.23. The molecular weight excluding hydrogens is 256 g/mol. The lowest BCUT2D eigenvalue weighted by molar-refractivity contribution is 0.620. The molecule has 1 nitrogen and oxygen atoms in total. The van der Waals surface area contributed by atoms with E-state index in [4.69, 9.17) is 0 Å². The van der Waals surface area contributed by atoms with Crippen molar-refractivity contribution >= 4 is 0 Å². The van der Waals surface area contributed by atoms with Crippen LogP contribution < -0.4 is 5.32 Å². The zero-order chi connectivity index (χ0) is 14.5. The molecule has 0 amide bonds. The van der Waals surface area contributed by atoms with E-state index in [2.05, 4.69) is 12.2 Å². The van der Waals surface area contributed by atoms with Crippen LogP contribution in [0.1, 0.15) is 24.5 Å². The van der Waals surface area contributed by atoms with Crippen molar-refractivity contribution in [3.05, 3.63) is 59.2 Å². The van der Waals surface area contributed by atoms with Gasteiger partial charge in [-0.1, -0.05) is 25.1 Å². The second-order valence-electron chi connectivity index (χ2n) is 4.95. The standard InChI is InChI=1S/C17H19F2N/c1-3-8-20-11-13-4-6-16(17(19)10-13)15-7-5-14(18)9-12(15)2/h4-7,9-10,20H,3,8,11H2,1-2H3. The number of hydrogen-bond acceptors (Lipinski definition) is 1. The molecule has 0 aromatic heterocycles. The Morgan fingerprint density at radius 1 is 1.00 bits per heavy atom. The number of benzene rings is 2. The van der Waals surface area contributed by atoms with Crippen LogP contribution in [0.2, 0.25) is 0 Å². The Morgan fingerprint density at radius 2 is 1.75 bits per heavy atom. The van der Waals surface area contributed by atoms with E-state index in [9.17, 15) is 8.78 Å². The van der Waals surface area contributed by atoms with Gasteiger partial charge in [-0.2, -0.15) is 0 Å². The van der Waals surface area contributed by atoms with Crippen LogP contribution in [0.25, 0.3) is 11.1 Å². The van der Waals surface area contributed by atoms with E-state index in [1.54, 1.807) is 25.1 Å². The van der Waals surface area contributed by atoms with Gasteiger partial charge in [0.1, 0.15) is 11.6 Å². The summed E-state index contributed by atoms with van der Waals surface area (Å²) in [5.74, 6) is -0.567. The van der Waals surface area contributed by atoms with Crippen LogP contribution in [0.15, 0.2) is 36.4 Å². The first kappa shape index (κ1) is 14.7. The second-order valence-corrected chi connectivity index (χ2v) is 4.95. The van der Waals surface area contributed by atoms with Crippen molar-refractivity contribution in [2.45, 2.75) is 26.8 Å². The molecule has 0 saturated carbocycles. The van der Waals surface area contributed by atoms with Gasteiger partial charge in [0.15, 0.2) is 0 Å². The van der Waals surface area contributed by atoms with Crippen LogP contribution in [0.4, 0.5) is 8.78 Å². The summed E-state index contributed by atoms with van der Waals surface area (Å²) < 4.78 is 27.3. The van der Waals surface area contributed by atoms with Crippen molar-refractivity contribution in [1.29, 1.82) is 0 Å². The van der Waals surface area contributed by atoms with Crippen LogP contribution in [0.5, 0.6) is 0 Å². The number of aryl methyl sites for hydroxylation is 1. The summed E-state index contributed by atoms with van der Waals surface area (Å²) in [7, 11) is 0. The maximum Gasteiger partial charge on any atom is 0.131 e. The van der Waals surface area contributed by atoms with E-state index in [0.717, 1.165) is 29.7 Å². The van der Waals surface area contributed by atoms with Crippen molar-refractivity contribution in [3.63, 3.8) is 0 Å². The zero-order valence-corrected chi connectivity index (χ0v) is 11.8. The van der Waals surface area contributed by atoms with Gasteiger partial charge in [0.2, 0.25) is 0 Å². The molecule has 0 radical (unpaired) electrons. The molecule has 2 aromatic rings. The molecule has 0 atom stereocenters.